The van der Waals surface area contributed by atoms with E-state index in [1.54, 1.807) is 0 Å². The summed E-state index contributed by atoms with van der Waals surface area (Å²) in [5.41, 5.74) is -0.447. The van der Waals surface area contributed by atoms with Crippen molar-refractivity contribution in [3.05, 3.63) is 63.0 Å². The second-order valence-corrected chi connectivity index (χ2v) is 4.31. The van der Waals surface area contributed by atoms with Gasteiger partial charge in [0.05, 0.1) is 11.3 Å². The molecule has 6 nitrogen and oxygen atoms in total. The Morgan fingerprint density at radius 3 is 2.60 bits per heavy atom. The third-order valence-electron chi connectivity index (χ3n) is 2.47. The normalized spacial score (nSPS) is 10.1. The average Bonchev–Trinajstić information content (AvgIpc) is 2.38. The third-order valence-corrected chi connectivity index (χ3v) is 2.71. The fourth-order valence-electron chi connectivity index (χ4n) is 1.58. The lowest BCUT2D eigenvalue weighted by atomic mass is 10.1. The molecule has 7 heteroatoms. The molecule has 0 saturated heterocycles. The van der Waals surface area contributed by atoms with Crippen LogP contribution in [0.1, 0.15) is 20.8 Å². The van der Waals surface area contributed by atoms with Gasteiger partial charge in [0.1, 0.15) is 5.69 Å². The molecule has 0 aliphatic carbocycles. The van der Waals surface area contributed by atoms with E-state index in [0.29, 0.717) is 0 Å². The Labute approximate surface area is 118 Å². The van der Waals surface area contributed by atoms with E-state index >= 15 is 0 Å². The van der Waals surface area contributed by atoms with Crippen LogP contribution in [-0.4, -0.2) is 22.0 Å². The van der Waals surface area contributed by atoms with Crippen molar-refractivity contribution in [2.45, 2.75) is 0 Å². The molecule has 20 heavy (non-hydrogen) atoms. The van der Waals surface area contributed by atoms with Gasteiger partial charge >= 0.3 is 5.97 Å². The highest BCUT2D eigenvalue weighted by atomic mass is 35.5. The van der Waals surface area contributed by atoms with E-state index in [2.05, 4.69) is 10.3 Å². The van der Waals surface area contributed by atoms with E-state index in [0.717, 1.165) is 0 Å². The number of halogens is 1. The number of aromatic nitrogens is 1. The number of carbonyl (C=O) groups excluding carboxylic acids is 1. The molecule has 2 aromatic rings. The Balaban J connectivity index is 2.34. The minimum Gasteiger partial charge on any atom is -0.478 e. The average molecular weight is 293 g/mol. The molecule has 1 heterocycles. The number of carboxylic acids is 1. The van der Waals surface area contributed by atoms with Crippen LogP contribution < -0.4 is 10.9 Å². The number of aromatic amines is 1. The molecule has 1 amide bonds. The van der Waals surface area contributed by atoms with E-state index in [1.807, 2.05) is 0 Å². The molecule has 0 aliphatic rings. The summed E-state index contributed by atoms with van der Waals surface area (Å²) in [7, 11) is 0. The highest BCUT2D eigenvalue weighted by Gasteiger charge is 2.14. The number of aromatic carboxylic acids is 1. The summed E-state index contributed by atoms with van der Waals surface area (Å²) in [5, 5.41) is 11.7. The van der Waals surface area contributed by atoms with Crippen molar-refractivity contribution in [3.63, 3.8) is 0 Å². The molecule has 2 rings (SSSR count). The zero-order chi connectivity index (χ0) is 14.7. The van der Waals surface area contributed by atoms with Crippen molar-refractivity contribution in [1.82, 2.24) is 4.98 Å². The van der Waals surface area contributed by atoms with Crippen molar-refractivity contribution < 1.29 is 14.7 Å². The number of hydrogen-bond donors (Lipinski definition) is 3. The first-order chi connectivity index (χ1) is 9.47. The van der Waals surface area contributed by atoms with Gasteiger partial charge in [-0.3, -0.25) is 9.59 Å². The van der Waals surface area contributed by atoms with E-state index in [1.165, 1.54) is 36.4 Å². The van der Waals surface area contributed by atoms with Crippen molar-refractivity contribution in [2.24, 2.45) is 0 Å². The highest BCUT2D eigenvalue weighted by Crippen LogP contribution is 2.21. The Morgan fingerprint density at radius 2 is 1.95 bits per heavy atom. The van der Waals surface area contributed by atoms with Crippen LogP contribution in [0, 0.1) is 0 Å². The maximum absolute atomic E-state index is 11.9. The van der Waals surface area contributed by atoms with E-state index in [4.69, 9.17) is 16.7 Å². The molecule has 0 atom stereocenters. The van der Waals surface area contributed by atoms with Crippen molar-refractivity contribution >= 4 is 29.2 Å². The molecule has 0 bridgehead atoms. The first kappa shape index (κ1) is 13.8. The van der Waals surface area contributed by atoms with Gasteiger partial charge in [-0.05, 0) is 24.3 Å². The number of anilines is 1. The molecule has 0 radical (unpaired) electrons. The Hall–Kier alpha value is -2.60. The standard InChI is InChI=1S/C13H9ClN2O4/c14-7-4-5-8(13(19)20)10(6-7)16-12(18)9-2-1-3-11(17)15-9/h1-6H,(H,15,17)(H,16,18)(H,19,20). The molecule has 0 fully saturated rings. The summed E-state index contributed by atoms with van der Waals surface area (Å²) in [6.07, 6.45) is 0. The Morgan fingerprint density at radius 1 is 1.20 bits per heavy atom. The first-order valence-corrected chi connectivity index (χ1v) is 5.88. The molecule has 1 aromatic carbocycles. The zero-order valence-corrected chi connectivity index (χ0v) is 10.8. The molecule has 0 saturated carbocycles. The number of H-pyrrole nitrogens is 1. The van der Waals surface area contributed by atoms with Crippen LogP contribution in [0.2, 0.25) is 5.02 Å². The van der Waals surface area contributed by atoms with Gasteiger partial charge in [0.25, 0.3) is 5.91 Å². The number of carbonyl (C=O) groups is 2. The number of nitrogens with one attached hydrogen (secondary N) is 2. The lowest BCUT2D eigenvalue weighted by Crippen LogP contribution is -2.19. The summed E-state index contributed by atoms with van der Waals surface area (Å²) in [6.45, 7) is 0. The smallest absolute Gasteiger partial charge is 0.337 e. The van der Waals surface area contributed by atoms with Crippen LogP contribution in [0.25, 0.3) is 0 Å². The molecule has 102 valence electrons. The number of hydrogen-bond acceptors (Lipinski definition) is 3. The fourth-order valence-corrected chi connectivity index (χ4v) is 1.75. The van der Waals surface area contributed by atoms with E-state index in [9.17, 15) is 14.4 Å². The van der Waals surface area contributed by atoms with Crippen molar-refractivity contribution in [2.75, 3.05) is 5.32 Å². The third kappa shape index (κ3) is 3.04. The summed E-state index contributed by atoms with van der Waals surface area (Å²) in [6, 6.07) is 8.10. The predicted molar refractivity (Wildman–Crippen MR) is 73.4 cm³/mol. The van der Waals surface area contributed by atoms with Gasteiger partial charge in [0.15, 0.2) is 0 Å². The maximum atomic E-state index is 11.9. The first-order valence-electron chi connectivity index (χ1n) is 5.51. The predicted octanol–water partition coefficient (Wildman–Crippen LogP) is 1.98. The quantitative estimate of drug-likeness (QED) is 0.805. The molecular weight excluding hydrogens is 284 g/mol. The van der Waals surface area contributed by atoms with Crippen LogP contribution in [0.3, 0.4) is 0 Å². The molecule has 0 aliphatic heterocycles. The van der Waals surface area contributed by atoms with Crippen molar-refractivity contribution in [3.8, 4) is 0 Å². The van der Waals surface area contributed by atoms with Crippen LogP contribution >= 0.6 is 11.6 Å². The van der Waals surface area contributed by atoms with Gasteiger partial charge in [-0.2, -0.15) is 0 Å². The molecule has 0 unspecified atom stereocenters. The van der Waals surface area contributed by atoms with Gasteiger partial charge in [-0.25, -0.2) is 4.79 Å². The second-order valence-electron chi connectivity index (χ2n) is 3.88. The zero-order valence-electron chi connectivity index (χ0n) is 10.0. The Bertz CT molecular complexity index is 739. The topological polar surface area (TPSA) is 99.3 Å². The van der Waals surface area contributed by atoms with Crippen LogP contribution in [0.15, 0.2) is 41.2 Å². The van der Waals surface area contributed by atoms with Gasteiger partial charge in [-0.15, -0.1) is 0 Å². The van der Waals surface area contributed by atoms with E-state index < -0.39 is 17.4 Å². The van der Waals surface area contributed by atoms with E-state index in [-0.39, 0.29) is 22.0 Å². The molecule has 3 N–H and O–H groups in total. The summed E-state index contributed by atoms with van der Waals surface area (Å²) in [4.78, 5) is 36.5. The van der Waals surface area contributed by atoms with Crippen LogP contribution in [0.4, 0.5) is 5.69 Å². The largest absolute Gasteiger partial charge is 0.478 e. The van der Waals surface area contributed by atoms with Gasteiger partial charge in [-0.1, -0.05) is 17.7 Å². The number of benzene rings is 1. The molecule has 0 spiro atoms. The summed E-state index contributed by atoms with van der Waals surface area (Å²) >= 11 is 5.77. The monoisotopic (exact) mass is 292 g/mol. The second kappa shape index (κ2) is 5.58. The van der Waals surface area contributed by atoms with Gasteiger partial charge in [0.2, 0.25) is 5.56 Å². The Kier molecular flexibility index (Phi) is 3.86. The number of rotatable bonds is 3. The molecular formula is C13H9ClN2O4. The minimum absolute atomic E-state index is 0.0221. The van der Waals surface area contributed by atoms with Crippen LogP contribution in [-0.2, 0) is 0 Å². The van der Waals surface area contributed by atoms with Gasteiger partial charge < -0.3 is 15.4 Å². The minimum atomic E-state index is -1.20. The fraction of sp³-hybridized carbons (Fsp3) is 0. The highest BCUT2D eigenvalue weighted by molar-refractivity contribution is 6.31. The van der Waals surface area contributed by atoms with Gasteiger partial charge in [0, 0.05) is 11.1 Å². The number of amides is 1. The lowest BCUT2D eigenvalue weighted by Gasteiger charge is -2.08. The molecule has 1 aromatic heterocycles. The summed E-state index contributed by atoms with van der Waals surface area (Å²) in [5.74, 6) is -1.83. The lowest BCUT2D eigenvalue weighted by molar-refractivity contribution is 0.0698. The summed E-state index contributed by atoms with van der Waals surface area (Å²) < 4.78 is 0. The maximum Gasteiger partial charge on any atom is 0.337 e. The number of pyridine rings is 1. The SMILES string of the molecule is O=C(Nc1cc(Cl)ccc1C(=O)O)c1cccc(=O)[nH]1. The van der Waals surface area contributed by atoms with Crippen molar-refractivity contribution in [1.29, 1.82) is 0 Å². The van der Waals surface area contributed by atoms with Crippen LogP contribution in [0.5, 0.6) is 0 Å². The number of carboxylic acid groups (broad SMARTS) is 1.